The van der Waals surface area contributed by atoms with Gasteiger partial charge in [-0.2, -0.15) is 5.10 Å². The molecule has 8 heteroatoms. The van der Waals surface area contributed by atoms with Gasteiger partial charge in [-0.3, -0.25) is 4.79 Å². The molecule has 150 valence electrons. The fourth-order valence-corrected chi connectivity index (χ4v) is 2.89. The van der Waals surface area contributed by atoms with Gasteiger partial charge in [0.1, 0.15) is 11.5 Å². The number of halogens is 1. The van der Waals surface area contributed by atoms with Crippen LogP contribution in [0.3, 0.4) is 0 Å². The van der Waals surface area contributed by atoms with Crippen LogP contribution in [-0.2, 0) is 0 Å². The monoisotopic (exact) mass is 414 g/mol. The highest BCUT2D eigenvalue weighted by atomic mass is 35.5. The van der Waals surface area contributed by atoms with Crippen LogP contribution in [-0.4, -0.2) is 33.5 Å². The molecule has 1 heterocycles. The first-order valence-corrected chi connectivity index (χ1v) is 8.93. The highest BCUT2D eigenvalue weighted by Gasteiger charge is 2.16. The van der Waals surface area contributed by atoms with Gasteiger partial charge in [0.05, 0.1) is 32.6 Å². The summed E-state index contributed by atoms with van der Waals surface area (Å²) in [7, 11) is 4.44. The van der Waals surface area contributed by atoms with Crippen molar-refractivity contribution in [2.45, 2.75) is 0 Å². The number of hydrogen-bond donors (Lipinski definition) is 1. The fourth-order valence-electron chi connectivity index (χ4n) is 2.66. The lowest BCUT2D eigenvalue weighted by molar-refractivity contribution is 0.0954. The number of ether oxygens (including phenoxy) is 3. The lowest BCUT2D eigenvalue weighted by atomic mass is 10.1. The Balaban J connectivity index is 1.73. The van der Waals surface area contributed by atoms with Gasteiger partial charge in [-0.05, 0) is 36.4 Å². The molecule has 0 saturated heterocycles. The molecule has 0 aliphatic rings. The summed E-state index contributed by atoms with van der Waals surface area (Å²) in [4.78, 5) is 12.4. The van der Waals surface area contributed by atoms with E-state index >= 15 is 0 Å². The zero-order valence-electron chi connectivity index (χ0n) is 16.1. The third kappa shape index (κ3) is 4.52. The zero-order valence-corrected chi connectivity index (χ0v) is 16.8. The van der Waals surface area contributed by atoms with Crippen molar-refractivity contribution in [1.82, 2.24) is 5.43 Å². The van der Waals surface area contributed by atoms with E-state index in [4.69, 9.17) is 30.2 Å². The highest BCUT2D eigenvalue weighted by molar-refractivity contribution is 6.33. The average molecular weight is 415 g/mol. The number of carbonyl (C=O) groups excluding carboxylic acids is 1. The fraction of sp³-hybridized carbons (Fsp3) is 0.143. The molecular formula is C21H19ClN2O5. The molecule has 1 amide bonds. The van der Waals surface area contributed by atoms with Crippen LogP contribution in [0.2, 0.25) is 5.02 Å². The van der Waals surface area contributed by atoms with Gasteiger partial charge >= 0.3 is 0 Å². The van der Waals surface area contributed by atoms with Crippen molar-refractivity contribution in [1.29, 1.82) is 0 Å². The lowest BCUT2D eigenvalue weighted by Gasteiger charge is -2.13. The first-order valence-electron chi connectivity index (χ1n) is 8.55. The van der Waals surface area contributed by atoms with Gasteiger partial charge in [-0.15, -0.1) is 0 Å². The molecular weight excluding hydrogens is 396 g/mol. The molecule has 3 aromatic rings. The van der Waals surface area contributed by atoms with Crippen LogP contribution in [0.4, 0.5) is 0 Å². The van der Waals surface area contributed by atoms with Crippen molar-refractivity contribution in [3.05, 3.63) is 64.9 Å². The number of hydrogen-bond acceptors (Lipinski definition) is 6. The zero-order chi connectivity index (χ0) is 20.8. The predicted molar refractivity (Wildman–Crippen MR) is 110 cm³/mol. The molecule has 0 spiro atoms. The Morgan fingerprint density at radius 1 is 1.03 bits per heavy atom. The van der Waals surface area contributed by atoms with Crippen LogP contribution < -0.4 is 19.6 Å². The smallest absolute Gasteiger partial charge is 0.271 e. The van der Waals surface area contributed by atoms with E-state index in [1.165, 1.54) is 39.7 Å². The van der Waals surface area contributed by atoms with Gasteiger partial charge in [0, 0.05) is 11.1 Å². The summed E-state index contributed by atoms with van der Waals surface area (Å²) in [5.41, 5.74) is 3.51. The van der Waals surface area contributed by atoms with Crippen LogP contribution in [0, 0.1) is 0 Å². The van der Waals surface area contributed by atoms with Gasteiger partial charge in [0.25, 0.3) is 5.91 Å². The maximum absolute atomic E-state index is 12.4. The Morgan fingerprint density at radius 3 is 2.34 bits per heavy atom. The number of nitrogens with zero attached hydrogens (tertiary/aromatic N) is 1. The second-order valence-electron chi connectivity index (χ2n) is 5.80. The normalized spacial score (nSPS) is 10.8. The van der Waals surface area contributed by atoms with Crippen LogP contribution in [0.15, 0.2) is 58.0 Å². The van der Waals surface area contributed by atoms with Gasteiger partial charge < -0.3 is 18.6 Å². The minimum atomic E-state index is -0.446. The van der Waals surface area contributed by atoms with Crippen molar-refractivity contribution in [2.24, 2.45) is 5.10 Å². The third-order valence-electron chi connectivity index (χ3n) is 4.05. The summed E-state index contributed by atoms with van der Waals surface area (Å²) in [5.74, 6) is 1.77. The number of carbonyl (C=O) groups is 1. The van der Waals surface area contributed by atoms with E-state index in [1.54, 1.807) is 18.2 Å². The van der Waals surface area contributed by atoms with Crippen LogP contribution in [0.25, 0.3) is 11.3 Å². The van der Waals surface area contributed by atoms with Crippen molar-refractivity contribution in [3.63, 3.8) is 0 Å². The second kappa shape index (κ2) is 9.16. The minimum absolute atomic E-state index is 0.299. The molecule has 0 radical (unpaired) electrons. The van der Waals surface area contributed by atoms with Gasteiger partial charge in [0.15, 0.2) is 11.5 Å². The number of furan rings is 1. The molecule has 0 aliphatic carbocycles. The lowest BCUT2D eigenvalue weighted by Crippen LogP contribution is -2.18. The Kier molecular flexibility index (Phi) is 6.41. The summed E-state index contributed by atoms with van der Waals surface area (Å²) in [6, 6.07) is 13.9. The molecule has 0 bridgehead atoms. The molecule has 0 saturated carbocycles. The Labute approximate surface area is 172 Å². The number of methoxy groups -OCH3 is 3. The van der Waals surface area contributed by atoms with E-state index in [0.29, 0.717) is 39.4 Å². The SMILES string of the molecule is COc1cc(C(=O)N/N=C/c2ccc(-c3ccccc3Cl)o2)cc(OC)c1OC. The number of amides is 1. The Hall–Kier alpha value is -3.45. The predicted octanol–water partition coefficient (Wildman–Crippen LogP) is 4.39. The quantitative estimate of drug-likeness (QED) is 0.458. The van der Waals surface area contributed by atoms with Crippen molar-refractivity contribution in [3.8, 4) is 28.6 Å². The summed E-state index contributed by atoms with van der Waals surface area (Å²) in [6.07, 6.45) is 1.40. The second-order valence-corrected chi connectivity index (χ2v) is 6.20. The maximum Gasteiger partial charge on any atom is 0.271 e. The van der Waals surface area contributed by atoms with Crippen molar-refractivity contribution < 1.29 is 23.4 Å². The molecule has 0 aliphatic heterocycles. The van der Waals surface area contributed by atoms with E-state index in [0.717, 1.165) is 5.56 Å². The Morgan fingerprint density at radius 2 is 1.72 bits per heavy atom. The van der Waals surface area contributed by atoms with Gasteiger partial charge in [-0.1, -0.05) is 23.7 Å². The van der Waals surface area contributed by atoms with E-state index in [1.807, 2.05) is 18.2 Å². The summed E-state index contributed by atoms with van der Waals surface area (Å²) < 4.78 is 21.4. The van der Waals surface area contributed by atoms with E-state index in [9.17, 15) is 4.79 Å². The van der Waals surface area contributed by atoms with E-state index in [2.05, 4.69) is 10.5 Å². The number of nitrogens with one attached hydrogen (secondary N) is 1. The minimum Gasteiger partial charge on any atom is -0.493 e. The van der Waals surface area contributed by atoms with E-state index < -0.39 is 5.91 Å². The summed E-state index contributed by atoms with van der Waals surface area (Å²) >= 11 is 6.17. The van der Waals surface area contributed by atoms with Crippen molar-refractivity contribution >= 4 is 23.7 Å². The molecule has 1 aromatic heterocycles. The number of rotatable bonds is 7. The Bertz CT molecular complexity index is 1020. The molecule has 1 N–H and O–H groups in total. The first kappa shape index (κ1) is 20.3. The molecule has 0 fully saturated rings. The van der Waals surface area contributed by atoms with Crippen LogP contribution in [0.1, 0.15) is 16.1 Å². The van der Waals surface area contributed by atoms with Crippen molar-refractivity contribution in [2.75, 3.05) is 21.3 Å². The molecule has 0 atom stereocenters. The number of hydrazone groups is 1. The maximum atomic E-state index is 12.4. The molecule has 29 heavy (non-hydrogen) atoms. The van der Waals surface area contributed by atoms with Gasteiger partial charge in [-0.25, -0.2) is 5.43 Å². The average Bonchev–Trinajstić information content (AvgIpc) is 3.21. The standard InChI is InChI=1S/C21H19ClN2O5/c1-26-18-10-13(11-19(27-2)20(18)28-3)21(25)24-23-12-14-8-9-17(29-14)15-6-4-5-7-16(15)22/h4-12H,1-3H3,(H,24,25)/b23-12+. The van der Waals surface area contributed by atoms with E-state index in [-0.39, 0.29) is 0 Å². The molecule has 0 unspecified atom stereocenters. The third-order valence-corrected chi connectivity index (χ3v) is 4.38. The number of benzene rings is 2. The first-order chi connectivity index (χ1) is 14.1. The largest absolute Gasteiger partial charge is 0.493 e. The summed E-state index contributed by atoms with van der Waals surface area (Å²) in [6.45, 7) is 0. The van der Waals surface area contributed by atoms with Gasteiger partial charge in [0.2, 0.25) is 5.75 Å². The molecule has 3 rings (SSSR count). The highest BCUT2D eigenvalue weighted by Crippen LogP contribution is 2.38. The molecule has 2 aromatic carbocycles. The van der Waals surface area contributed by atoms with Crippen LogP contribution >= 0.6 is 11.6 Å². The van der Waals surface area contributed by atoms with Crippen LogP contribution in [0.5, 0.6) is 17.2 Å². The topological polar surface area (TPSA) is 82.3 Å². The summed E-state index contributed by atoms with van der Waals surface area (Å²) in [5, 5.41) is 4.52. The molecule has 7 nitrogen and oxygen atoms in total.